The zero-order valence-electron chi connectivity index (χ0n) is 10.1. The van der Waals surface area contributed by atoms with Crippen LogP contribution in [0.15, 0.2) is 51.8 Å². The summed E-state index contributed by atoms with van der Waals surface area (Å²) in [4.78, 5) is 9.05. The topological polar surface area (TPSA) is 54.7 Å². The van der Waals surface area contributed by atoms with E-state index in [4.69, 9.17) is 5.73 Å². The van der Waals surface area contributed by atoms with E-state index in [0.717, 1.165) is 37.7 Å². The van der Waals surface area contributed by atoms with Crippen molar-refractivity contribution in [2.75, 3.05) is 5.73 Å². The molecule has 19 heavy (non-hydrogen) atoms. The van der Waals surface area contributed by atoms with Crippen LogP contribution in [0.5, 0.6) is 0 Å². The molecule has 3 N–H and O–H groups in total. The standard InChI is InChI=1S/C14H12BrN3S/c15-10-7-9(16)5-6-13(10)19-8-14-17-11-3-1-2-4-12(11)18-14/h1-7H,8,16H2,(H,17,18). The lowest BCUT2D eigenvalue weighted by molar-refractivity contribution is 1.14. The summed E-state index contributed by atoms with van der Waals surface area (Å²) in [6.07, 6.45) is 0. The Hall–Kier alpha value is -1.46. The number of thioether (sulfide) groups is 1. The Morgan fingerprint density at radius 3 is 2.84 bits per heavy atom. The van der Waals surface area contributed by atoms with Gasteiger partial charge in [-0.1, -0.05) is 12.1 Å². The van der Waals surface area contributed by atoms with E-state index < -0.39 is 0 Å². The van der Waals surface area contributed by atoms with Crippen molar-refractivity contribution in [3.8, 4) is 0 Å². The summed E-state index contributed by atoms with van der Waals surface area (Å²) < 4.78 is 1.02. The monoisotopic (exact) mass is 333 g/mol. The fraction of sp³-hybridized carbons (Fsp3) is 0.0714. The highest BCUT2D eigenvalue weighted by atomic mass is 79.9. The van der Waals surface area contributed by atoms with E-state index in [0.29, 0.717) is 0 Å². The molecule has 3 rings (SSSR count). The van der Waals surface area contributed by atoms with Gasteiger partial charge in [-0.05, 0) is 46.3 Å². The maximum atomic E-state index is 5.73. The van der Waals surface area contributed by atoms with Gasteiger partial charge in [0.2, 0.25) is 0 Å². The van der Waals surface area contributed by atoms with Gasteiger partial charge in [-0.3, -0.25) is 0 Å². The Balaban J connectivity index is 1.78. The number of anilines is 1. The van der Waals surface area contributed by atoms with E-state index in [-0.39, 0.29) is 0 Å². The highest BCUT2D eigenvalue weighted by Crippen LogP contribution is 2.31. The molecule has 0 unspecified atom stereocenters. The quantitative estimate of drug-likeness (QED) is 0.557. The normalized spacial score (nSPS) is 11.0. The average molecular weight is 334 g/mol. The number of benzene rings is 2. The first kappa shape index (κ1) is 12.6. The number of nitrogens with zero attached hydrogens (tertiary/aromatic N) is 1. The van der Waals surface area contributed by atoms with E-state index in [1.165, 1.54) is 0 Å². The summed E-state index contributed by atoms with van der Waals surface area (Å²) in [5, 5.41) is 0. The number of hydrogen-bond acceptors (Lipinski definition) is 3. The van der Waals surface area contributed by atoms with Crippen LogP contribution in [-0.4, -0.2) is 9.97 Å². The molecule has 0 aliphatic carbocycles. The number of aromatic nitrogens is 2. The second kappa shape index (κ2) is 5.27. The fourth-order valence-corrected chi connectivity index (χ4v) is 3.38. The molecule has 0 aliphatic rings. The Bertz CT molecular complexity index is 691. The van der Waals surface area contributed by atoms with E-state index in [1.807, 2.05) is 42.5 Å². The van der Waals surface area contributed by atoms with Crippen molar-refractivity contribution in [2.45, 2.75) is 10.6 Å². The number of fused-ring (bicyclic) bond motifs is 1. The van der Waals surface area contributed by atoms with E-state index >= 15 is 0 Å². The molecule has 1 aromatic heterocycles. The van der Waals surface area contributed by atoms with Gasteiger partial charge in [0, 0.05) is 15.1 Å². The number of H-pyrrole nitrogens is 1. The Kier molecular flexibility index (Phi) is 3.48. The number of nitrogens with one attached hydrogen (secondary N) is 1. The first-order chi connectivity index (χ1) is 9.22. The first-order valence-electron chi connectivity index (χ1n) is 5.84. The van der Waals surface area contributed by atoms with Gasteiger partial charge in [0.15, 0.2) is 0 Å². The second-order valence-corrected chi connectivity index (χ2v) is 6.05. The van der Waals surface area contributed by atoms with Crippen LogP contribution in [0, 0.1) is 0 Å². The van der Waals surface area contributed by atoms with Crippen LogP contribution in [-0.2, 0) is 5.75 Å². The predicted molar refractivity (Wildman–Crippen MR) is 84.2 cm³/mol. The molecule has 96 valence electrons. The third-order valence-electron chi connectivity index (χ3n) is 2.76. The minimum atomic E-state index is 0.764. The molecule has 3 nitrogen and oxygen atoms in total. The largest absolute Gasteiger partial charge is 0.399 e. The molecule has 0 atom stereocenters. The Labute approximate surface area is 123 Å². The van der Waals surface area contributed by atoms with Gasteiger partial charge in [0.05, 0.1) is 16.8 Å². The van der Waals surface area contributed by atoms with Crippen LogP contribution in [0.25, 0.3) is 11.0 Å². The molecular weight excluding hydrogens is 322 g/mol. The highest BCUT2D eigenvalue weighted by Gasteiger charge is 2.05. The molecule has 0 saturated carbocycles. The smallest absolute Gasteiger partial charge is 0.117 e. The summed E-state index contributed by atoms with van der Waals surface area (Å²) >= 11 is 5.25. The molecule has 0 spiro atoms. The Morgan fingerprint density at radius 2 is 2.05 bits per heavy atom. The first-order valence-corrected chi connectivity index (χ1v) is 7.62. The van der Waals surface area contributed by atoms with Crippen LogP contribution in [0.3, 0.4) is 0 Å². The van der Waals surface area contributed by atoms with Gasteiger partial charge in [-0.15, -0.1) is 11.8 Å². The number of hydrogen-bond donors (Lipinski definition) is 2. The van der Waals surface area contributed by atoms with Crippen molar-refractivity contribution in [1.29, 1.82) is 0 Å². The summed E-state index contributed by atoms with van der Waals surface area (Å²) in [5.41, 5.74) is 8.58. The molecule has 0 fully saturated rings. The minimum absolute atomic E-state index is 0.764. The number of nitrogens with two attached hydrogens (primary N) is 1. The zero-order chi connectivity index (χ0) is 13.2. The van der Waals surface area contributed by atoms with Crippen molar-refractivity contribution >= 4 is 44.4 Å². The maximum Gasteiger partial charge on any atom is 0.117 e. The number of nitrogen functional groups attached to an aromatic ring is 1. The van der Waals surface area contributed by atoms with Gasteiger partial charge in [-0.25, -0.2) is 4.98 Å². The highest BCUT2D eigenvalue weighted by molar-refractivity contribution is 9.10. The molecule has 1 heterocycles. The van der Waals surface area contributed by atoms with Crippen LogP contribution in [0.1, 0.15) is 5.82 Å². The van der Waals surface area contributed by atoms with Gasteiger partial charge in [0.25, 0.3) is 0 Å². The van der Waals surface area contributed by atoms with Gasteiger partial charge >= 0.3 is 0 Å². The summed E-state index contributed by atoms with van der Waals surface area (Å²) in [6.45, 7) is 0. The van der Waals surface area contributed by atoms with Crippen LogP contribution >= 0.6 is 27.7 Å². The number of halogens is 1. The van der Waals surface area contributed by atoms with E-state index in [1.54, 1.807) is 11.8 Å². The lowest BCUT2D eigenvalue weighted by Crippen LogP contribution is -1.87. The molecule has 0 saturated heterocycles. The van der Waals surface area contributed by atoms with Crippen molar-refractivity contribution in [3.05, 3.63) is 52.8 Å². The summed E-state index contributed by atoms with van der Waals surface area (Å²) in [5.74, 6) is 1.78. The Morgan fingerprint density at radius 1 is 1.21 bits per heavy atom. The van der Waals surface area contributed by atoms with Crippen molar-refractivity contribution in [1.82, 2.24) is 9.97 Å². The molecule has 0 amide bonds. The molecule has 0 aliphatic heterocycles. The van der Waals surface area contributed by atoms with Crippen LogP contribution in [0.2, 0.25) is 0 Å². The molecule has 2 aromatic carbocycles. The maximum absolute atomic E-state index is 5.73. The zero-order valence-corrected chi connectivity index (χ0v) is 12.5. The van der Waals surface area contributed by atoms with Crippen molar-refractivity contribution in [2.24, 2.45) is 0 Å². The third-order valence-corrected chi connectivity index (χ3v) is 4.76. The van der Waals surface area contributed by atoms with Gasteiger partial charge in [-0.2, -0.15) is 0 Å². The number of rotatable bonds is 3. The lowest BCUT2D eigenvalue weighted by Gasteiger charge is -2.03. The summed E-state index contributed by atoms with van der Waals surface area (Å²) in [6, 6.07) is 13.9. The molecule has 5 heteroatoms. The van der Waals surface area contributed by atoms with Gasteiger partial charge in [0.1, 0.15) is 5.82 Å². The van der Waals surface area contributed by atoms with Crippen LogP contribution in [0.4, 0.5) is 5.69 Å². The molecule has 0 radical (unpaired) electrons. The third kappa shape index (κ3) is 2.77. The van der Waals surface area contributed by atoms with Gasteiger partial charge < -0.3 is 10.7 Å². The SMILES string of the molecule is Nc1ccc(SCc2nc3ccccc3[nH]2)c(Br)c1. The van der Waals surface area contributed by atoms with E-state index in [9.17, 15) is 0 Å². The molecule has 3 aromatic rings. The van der Waals surface area contributed by atoms with E-state index in [2.05, 4.69) is 25.9 Å². The van der Waals surface area contributed by atoms with Crippen molar-refractivity contribution in [3.63, 3.8) is 0 Å². The predicted octanol–water partition coefficient (Wildman–Crippen LogP) is 4.20. The number of imidazole rings is 1. The minimum Gasteiger partial charge on any atom is -0.399 e. The lowest BCUT2D eigenvalue weighted by atomic mass is 10.3. The molecular formula is C14H12BrN3S. The van der Waals surface area contributed by atoms with Crippen molar-refractivity contribution < 1.29 is 0 Å². The number of aromatic amines is 1. The number of para-hydroxylation sites is 2. The van der Waals surface area contributed by atoms with Crippen LogP contribution < -0.4 is 5.73 Å². The summed E-state index contributed by atoms with van der Waals surface area (Å²) in [7, 11) is 0. The average Bonchev–Trinajstić information content (AvgIpc) is 2.80. The molecule has 0 bridgehead atoms. The fourth-order valence-electron chi connectivity index (χ4n) is 1.85. The second-order valence-electron chi connectivity index (χ2n) is 4.18.